The molecule has 1 heterocycles. The van der Waals surface area contributed by atoms with E-state index in [0.29, 0.717) is 128 Å². The number of hydrogen-bond acceptors (Lipinski definition) is 17. The maximum atomic E-state index is 13.2. The number of sulfone groups is 1. The molecule has 4 N–H and O–H groups in total. The lowest BCUT2D eigenvalue weighted by atomic mass is 10.0. The first kappa shape index (κ1) is 59.5. The Labute approximate surface area is 400 Å². The summed E-state index contributed by atoms with van der Waals surface area (Å²) in [6.07, 6.45) is 4.62. The first-order valence-electron chi connectivity index (χ1n) is 22.6. The van der Waals surface area contributed by atoms with Crippen LogP contribution in [0.5, 0.6) is 0 Å². The van der Waals surface area contributed by atoms with Crippen molar-refractivity contribution in [3.05, 3.63) is 47.3 Å². The van der Waals surface area contributed by atoms with Crippen LogP contribution >= 0.6 is 0 Å². The van der Waals surface area contributed by atoms with Crippen molar-refractivity contribution in [1.29, 1.82) is 0 Å². The summed E-state index contributed by atoms with van der Waals surface area (Å²) in [5.41, 5.74) is 2.03. The zero-order valence-electron chi connectivity index (χ0n) is 40.4. The second-order valence-electron chi connectivity index (χ2n) is 15.6. The lowest BCUT2D eigenvalue weighted by Crippen LogP contribution is -2.53. The van der Waals surface area contributed by atoms with Crippen molar-refractivity contribution in [3.8, 4) is 11.8 Å². The van der Waals surface area contributed by atoms with Crippen LogP contribution < -0.4 is 16.0 Å². The maximum Gasteiger partial charge on any atom is 0.246 e. The van der Waals surface area contributed by atoms with E-state index in [1.807, 2.05) is 0 Å². The van der Waals surface area contributed by atoms with E-state index in [4.69, 9.17) is 37.9 Å². The summed E-state index contributed by atoms with van der Waals surface area (Å²) in [5.74, 6) is 3.85. The molecule has 0 aliphatic rings. The van der Waals surface area contributed by atoms with Gasteiger partial charge in [-0.2, -0.15) is 0 Å². The van der Waals surface area contributed by atoms with Crippen LogP contribution in [0.1, 0.15) is 63.1 Å². The van der Waals surface area contributed by atoms with Crippen molar-refractivity contribution in [2.75, 3.05) is 125 Å². The Bertz CT molecular complexity index is 1950. The third-order valence-electron chi connectivity index (χ3n) is 9.52. The summed E-state index contributed by atoms with van der Waals surface area (Å²) >= 11 is 0. The smallest absolute Gasteiger partial charge is 0.246 e. The van der Waals surface area contributed by atoms with Gasteiger partial charge in [0.2, 0.25) is 38.6 Å². The highest BCUT2D eigenvalue weighted by Gasteiger charge is 2.27. The molecule has 2 rings (SSSR count). The number of rotatable bonds is 37. The fraction of sp³-hybridized carbons (Fsp3) is 0.652. The lowest BCUT2D eigenvalue weighted by molar-refractivity contribution is -0.131. The average molecular weight is 981 g/mol. The number of carbonyl (C=O) groups excluding carboxylic acids is 4. The minimum Gasteiger partial charge on any atom is -0.392 e. The SMILES string of the molecule is COCCOCCOCCOCCOCCOCCOCCOCCC(=O)N(C)Cc1cc(NC(=O)[C@H](C)NC(=O)[C@@H](NC(=O)CCCC#Cc2cnc(S(C)(=O)=O)nc2)C(C)C)ccc1CO. The monoisotopic (exact) mass is 980 g/mol. The Balaban J connectivity index is 1.62. The zero-order valence-corrected chi connectivity index (χ0v) is 41.2. The third-order valence-corrected chi connectivity index (χ3v) is 10.4. The van der Waals surface area contributed by atoms with E-state index in [2.05, 4.69) is 37.8 Å². The number of amides is 4. The number of carbonyl (C=O) groups is 4. The summed E-state index contributed by atoms with van der Waals surface area (Å²) in [4.78, 5) is 61.1. The second kappa shape index (κ2) is 35.4. The van der Waals surface area contributed by atoms with E-state index in [1.54, 1.807) is 46.2 Å². The standard InChI is InChI=1S/C46H72N6O15S/c1-35(2)43(51-41(54)11-9-7-8-10-37-31-47-46(48-32-37)68(6,58)59)45(57)49-36(3)44(56)50-40-13-12-38(34-53)39(30-40)33-52(4)42(55)14-15-61-18-19-63-22-23-65-26-27-67-29-28-66-25-24-64-21-20-62-17-16-60-5/h12-13,30-32,35-36,43,53H,7,9,11,14-29,33-34H2,1-6H3,(H,49,57)(H,50,56)(H,51,54)/t36-,43-/m0/s1. The highest BCUT2D eigenvalue weighted by molar-refractivity contribution is 7.90. The molecule has 0 spiro atoms. The summed E-state index contributed by atoms with van der Waals surface area (Å²) in [7, 11) is -0.255. The van der Waals surface area contributed by atoms with Gasteiger partial charge < -0.3 is 63.9 Å². The number of ether oxygens (including phenoxy) is 8. The van der Waals surface area contributed by atoms with E-state index in [0.717, 1.165) is 6.26 Å². The average Bonchev–Trinajstić information content (AvgIpc) is 3.30. The zero-order chi connectivity index (χ0) is 50.0. The van der Waals surface area contributed by atoms with Gasteiger partial charge in [-0.15, -0.1) is 0 Å². The molecule has 0 fully saturated rings. The molecular weight excluding hydrogens is 909 g/mol. The van der Waals surface area contributed by atoms with Crippen molar-refractivity contribution in [3.63, 3.8) is 0 Å². The summed E-state index contributed by atoms with van der Waals surface area (Å²) < 4.78 is 66.2. The van der Waals surface area contributed by atoms with Gasteiger partial charge in [-0.1, -0.05) is 31.8 Å². The molecule has 68 heavy (non-hydrogen) atoms. The molecule has 0 unspecified atom stereocenters. The number of nitrogens with one attached hydrogen (secondary N) is 3. The molecule has 0 radical (unpaired) electrons. The van der Waals surface area contributed by atoms with Gasteiger partial charge in [-0.05, 0) is 42.5 Å². The van der Waals surface area contributed by atoms with Crippen LogP contribution in [0.2, 0.25) is 0 Å². The number of aliphatic hydroxyl groups excluding tert-OH is 1. The summed E-state index contributed by atoms with van der Waals surface area (Å²) in [5, 5.41) is 17.9. The van der Waals surface area contributed by atoms with Gasteiger partial charge in [0.05, 0.1) is 118 Å². The molecule has 0 aliphatic carbocycles. The van der Waals surface area contributed by atoms with Crippen molar-refractivity contribution in [2.45, 2.75) is 76.8 Å². The number of anilines is 1. The van der Waals surface area contributed by atoms with Crippen LogP contribution in [0.25, 0.3) is 0 Å². The first-order chi connectivity index (χ1) is 32.7. The quantitative estimate of drug-likeness (QED) is 0.0422. The molecule has 22 heteroatoms. The summed E-state index contributed by atoms with van der Waals surface area (Å²) in [6, 6.07) is 3.05. The van der Waals surface area contributed by atoms with Crippen molar-refractivity contribution < 1.29 is 70.6 Å². The molecule has 1 aromatic carbocycles. The van der Waals surface area contributed by atoms with E-state index in [9.17, 15) is 32.7 Å². The molecule has 0 saturated heterocycles. The number of benzene rings is 1. The van der Waals surface area contributed by atoms with Crippen LogP contribution in [0, 0.1) is 17.8 Å². The number of nitrogens with zero attached hydrogens (tertiary/aromatic N) is 3. The minimum atomic E-state index is -3.52. The highest BCUT2D eigenvalue weighted by atomic mass is 32.2. The predicted octanol–water partition coefficient (Wildman–Crippen LogP) is 1.29. The molecule has 2 aromatic rings. The Morgan fingerprint density at radius 1 is 0.721 bits per heavy atom. The molecule has 21 nitrogen and oxygen atoms in total. The van der Waals surface area contributed by atoms with E-state index in [1.165, 1.54) is 24.2 Å². The van der Waals surface area contributed by atoms with Crippen LogP contribution in [0.4, 0.5) is 5.69 Å². The molecule has 0 bridgehead atoms. The number of aromatic nitrogens is 2. The normalized spacial score (nSPS) is 12.2. The molecule has 0 aliphatic heterocycles. The van der Waals surface area contributed by atoms with Gasteiger partial charge in [-0.25, -0.2) is 18.4 Å². The second-order valence-corrected chi connectivity index (χ2v) is 17.5. The van der Waals surface area contributed by atoms with Crippen LogP contribution in [0.3, 0.4) is 0 Å². The van der Waals surface area contributed by atoms with Crippen molar-refractivity contribution in [1.82, 2.24) is 25.5 Å². The highest BCUT2D eigenvalue weighted by Crippen LogP contribution is 2.19. The third kappa shape index (κ3) is 26.8. The number of unbranched alkanes of at least 4 members (excludes halogenated alkanes) is 1. The Kier molecular flexibility index (Phi) is 31.0. The van der Waals surface area contributed by atoms with Gasteiger partial charge in [0.1, 0.15) is 12.1 Å². The minimum absolute atomic E-state index is 0.0986. The van der Waals surface area contributed by atoms with Crippen LogP contribution in [-0.4, -0.2) is 184 Å². The Morgan fingerprint density at radius 2 is 1.24 bits per heavy atom. The van der Waals surface area contributed by atoms with Crippen molar-refractivity contribution in [2.24, 2.45) is 5.92 Å². The fourth-order valence-electron chi connectivity index (χ4n) is 5.74. The van der Waals surface area contributed by atoms with E-state index in [-0.39, 0.29) is 55.5 Å². The molecule has 2 atom stereocenters. The predicted molar refractivity (Wildman–Crippen MR) is 250 cm³/mol. The van der Waals surface area contributed by atoms with Gasteiger partial charge in [0.15, 0.2) is 0 Å². The number of methoxy groups -OCH3 is 1. The largest absolute Gasteiger partial charge is 0.392 e. The Morgan fingerprint density at radius 3 is 1.72 bits per heavy atom. The summed E-state index contributed by atoms with van der Waals surface area (Å²) in [6.45, 7) is 11.5. The van der Waals surface area contributed by atoms with Gasteiger partial charge in [-0.3, -0.25) is 19.2 Å². The molecule has 382 valence electrons. The number of aliphatic hydroxyl groups is 1. The van der Waals surface area contributed by atoms with Crippen LogP contribution in [-0.2, 0) is 80.1 Å². The van der Waals surface area contributed by atoms with Crippen molar-refractivity contribution >= 4 is 39.2 Å². The molecule has 1 aromatic heterocycles. The molecule has 0 saturated carbocycles. The lowest BCUT2D eigenvalue weighted by Gasteiger charge is -2.24. The van der Waals surface area contributed by atoms with E-state index < -0.39 is 33.7 Å². The van der Waals surface area contributed by atoms with Gasteiger partial charge >= 0.3 is 0 Å². The van der Waals surface area contributed by atoms with Gasteiger partial charge in [0.25, 0.3) is 0 Å². The number of hydrogen-bond donors (Lipinski definition) is 4. The molecular formula is C46H72N6O15S. The first-order valence-corrected chi connectivity index (χ1v) is 24.5. The Hall–Kier alpha value is -4.67. The van der Waals surface area contributed by atoms with Crippen LogP contribution in [0.15, 0.2) is 35.7 Å². The van der Waals surface area contributed by atoms with E-state index >= 15 is 0 Å². The molecule has 4 amide bonds. The maximum absolute atomic E-state index is 13.2. The fourth-order valence-corrected chi connectivity index (χ4v) is 6.23. The topological polar surface area (TPSA) is 262 Å². The van der Waals surface area contributed by atoms with Gasteiger partial charge in [0, 0.05) is 57.9 Å².